The average molecular weight is 389 g/mol. The van der Waals surface area contributed by atoms with E-state index in [1.54, 1.807) is 36.1 Å². The summed E-state index contributed by atoms with van der Waals surface area (Å²) >= 11 is 5.85. The Balaban J connectivity index is 1.47. The zero-order valence-electron chi connectivity index (χ0n) is 15.0. The molecule has 1 aliphatic rings. The Kier molecular flexibility index (Phi) is 6.24. The van der Waals surface area contributed by atoms with E-state index in [2.05, 4.69) is 15.3 Å². The lowest BCUT2D eigenvalue weighted by molar-refractivity contribution is -0.139. The summed E-state index contributed by atoms with van der Waals surface area (Å²) in [5, 5.41) is 3.56. The zero-order valence-corrected chi connectivity index (χ0v) is 15.7. The van der Waals surface area contributed by atoms with E-state index < -0.39 is 6.10 Å². The maximum absolute atomic E-state index is 12.6. The molecule has 3 rings (SSSR count). The second-order valence-corrected chi connectivity index (χ2v) is 6.81. The summed E-state index contributed by atoms with van der Waals surface area (Å²) in [6, 6.07) is 6.93. The van der Waals surface area contributed by atoms with Gasteiger partial charge in [-0.2, -0.15) is 0 Å². The van der Waals surface area contributed by atoms with Gasteiger partial charge in [0.2, 0.25) is 0 Å². The number of nitrogens with one attached hydrogen (secondary N) is 1. The molecule has 0 radical (unpaired) electrons. The molecule has 1 unspecified atom stereocenters. The second kappa shape index (κ2) is 8.81. The van der Waals surface area contributed by atoms with Crippen LogP contribution in [0.1, 0.15) is 30.3 Å². The Morgan fingerprint density at radius 2 is 1.93 bits per heavy atom. The Hall–Kier alpha value is -2.67. The van der Waals surface area contributed by atoms with Crippen molar-refractivity contribution in [1.82, 2.24) is 20.2 Å². The van der Waals surface area contributed by atoms with Gasteiger partial charge in [-0.1, -0.05) is 11.6 Å². The number of piperidine rings is 1. The van der Waals surface area contributed by atoms with Crippen LogP contribution in [0.4, 0.5) is 0 Å². The first-order chi connectivity index (χ1) is 13.0. The van der Waals surface area contributed by atoms with E-state index in [9.17, 15) is 9.59 Å². The summed E-state index contributed by atoms with van der Waals surface area (Å²) in [5.74, 6) is 0.294. The highest BCUT2D eigenvalue weighted by Gasteiger charge is 2.28. The van der Waals surface area contributed by atoms with Gasteiger partial charge >= 0.3 is 0 Å². The molecule has 1 N–H and O–H groups in total. The first-order valence-corrected chi connectivity index (χ1v) is 9.18. The van der Waals surface area contributed by atoms with Gasteiger partial charge in [-0.25, -0.2) is 4.98 Å². The van der Waals surface area contributed by atoms with Crippen LogP contribution in [0, 0.1) is 0 Å². The van der Waals surface area contributed by atoms with Crippen LogP contribution in [0.25, 0.3) is 0 Å². The van der Waals surface area contributed by atoms with Crippen LogP contribution in [0.15, 0.2) is 42.9 Å². The first kappa shape index (κ1) is 19.1. The van der Waals surface area contributed by atoms with Crippen molar-refractivity contribution in [3.05, 3.63) is 53.6 Å². The highest BCUT2D eigenvalue weighted by atomic mass is 35.5. The molecule has 2 aromatic rings. The molecule has 2 amide bonds. The van der Waals surface area contributed by atoms with Gasteiger partial charge in [0.1, 0.15) is 11.4 Å². The molecule has 1 atom stereocenters. The summed E-state index contributed by atoms with van der Waals surface area (Å²) < 4.78 is 5.70. The fraction of sp³-hybridized carbons (Fsp3) is 0.368. The number of amides is 2. The number of nitrogens with zero attached hydrogens (tertiary/aromatic N) is 3. The summed E-state index contributed by atoms with van der Waals surface area (Å²) in [6.07, 6.45) is 5.23. The molecule has 0 spiro atoms. The molecular weight excluding hydrogens is 368 g/mol. The molecule has 1 fully saturated rings. The van der Waals surface area contributed by atoms with Gasteiger partial charge < -0.3 is 15.0 Å². The maximum atomic E-state index is 12.6. The number of carbonyl (C=O) groups excluding carboxylic acids is 2. The number of benzene rings is 1. The Morgan fingerprint density at radius 3 is 2.56 bits per heavy atom. The third-order valence-corrected chi connectivity index (χ3v) is 4.66. The number of hydrogen-bond acceptors (Lipinski definition) is 5. The number of rotatable bonds is 5. The predicted molar refractivity (Wildman–Crippen MR) is 101 cm³/mol. The van der Waals surface area contributed by atoms with Gasteiger partial charge in [-0.05, 0) is 44.0 Å². The van der Waals surface area contributed by atoms with E-state index in [-0.39, 0.29) is 17.9 Å². The lowest BCUT2D eigenvalue weighted by atomic mass is 10.0. The molecule has 1 aromatic heterocycles. The van der Waals surface area contributed by atoms with Crippen molar-refractivity contribution in [1.29, 1.82) is 0 Å². The SMILES string of the molecule is CC(Oc1ccc(Cl)cc1)C(=O)N1CCC(NC(=O)c2cnccn2)CC1. The Bertz CT molecular complexity index is 777. The lowest BCUT2D eigenvalue weighted by Crippen LogP contribution is -2.49. The number of hydrogen-bond donors (Lipinski definition) is 1. The monoisotopic (exact) mass is 388 g/mol. The minimum Gasteiger partial charge on any atom is -0.481 e. The lowest BCUT2D eigenvalue weighted by Gasteiger charge is -2.33. The smallest absolute Gasteiger partial charge is 0.271 e. The molecule has 1 saturated heterocycles. The molecule has 142 valence electrons. The number of aromatic nitrogens is 2. The Labute approximate surface area is 162 Å². The van der Waals surface area contributed by atoms with E-state index >= 15 is 0 Å². The standard InChI is InChI=1S/C19H21ClN4O3/c1-13(27-16-4-2-14(20)3-5-16)19(26)24-10-6-15(7-11-24)23-18(25)17-12-21-8-9-22-17/h2-5,8-9,12-13,15H,6-7,10-11H2,1H3,(H,23,25). The van der Waals surface area contributed by atoms with Crippen molar-refractivity contribution in [3.8, 4) is 5.75 Å². The van der Waals surface area contributed by atoms with Gasteiger partial charge in [0.25, 0.3) is 11.8 Å². The van der Waals surface area contributed by atoms with Crippen LogP contribution in [-0.4, -0.2) is 51.9 Å². The predicted octanol–water partition coefficient (Wildman–Crippen LogP) is 2.32. The van der Waals surface area contributed by atoms with Crippen molar-refractivity contribution in [3.63, 3.8) is 0 Å². The highest BCUT2D eigenvalue weighted by Crippen LogP contribution is 2.18. The van der Waals surface area contributed by atoms with E-state index in [1.165, 1.54) is 18.6 Å². The maximum Gasteiger partial charge on any atom is 0.271 e. The molecule has 1 aliphatic heterocycles. The van der Waals surface area contributed by atoms with E-state index in [0.717, 1.165) is 0 Å². The molecule has 0 aliphatic carbocycles. The molecule has 0 bridgehead atoms. The van der Waals surface area contributed by atoms with Crippen LogP contribution in [0.5, 0.6) is 5.75 Å². The summed E-state index contributed by atoms with van der Waals surface area (Å²) in [6.45, 7) is 2.87. The van der Waals surface area contributed by atoms with E-state index in [1.807, 2.05) is 0 Å². The highest BCUT2D eigenvalue weighted by molar-refractivity contribution is 6.30. The van der Waals surface area contributed by atoms with Crippen molar-refractivity contribution in [2.24, 2.45) is 0 Å². The second-order valence-electron chi connectivity index (χ2n) is 6.38. The summed E-state index contributed by atoms with van der Waals surface area (Å²) in [4.78, 5) is 34.4. The number of halogens is 1. The molecule has 1 aromatic carbocycles. The van der Waals surface area contributed by atoms with Crippen molar-refractivity contribution < 1.29 is 14.3 Å². The van der Waals surface area contributed by atoms with Crippen LogP contribution in [-0.2, 0) is 4.79 Å². The summed E-state index contributed by atoms with van der Waals surface area (Å²) in [7, 11) is 0. The topological polar surface area (TPSA) is 84.4 Å². The van der Waals surface area contributed by atoms with Gasteiger partial charge in [0, 0.05) is 36.5 Å². The fourth-order valence-electron chi connectivity index (χ4n) is 2.94. The van der Waals surface area contributed by atoms with Crippen molar-refractivity contribution >= 4 is 23.4 Å². The minimum absolute atomic E-state index is 0.0102. The zero-order chi connectivity index (χ0) is 19.2. The molecule has 27 heavy (non-hydrogen) atoms. The minimum atomic E-state index is -0.586. The number of carbonyl (C=O) groups is 2. The van der Waals surface area contributed by atoms with Gasteiger partial charge in [0.05, 0.1) is 6.20 Å². The van der Waals surface area contributed by atoms with Gasteiger partial charge in [0.15, 0.2) is 6.10 Å². The summed E-state index contributed by atoms with van der Waals surface area (Å²) in [5.41, 5.74) is 0.293. The van der Waals surface area contributed by atoms with E-state index in [4.69, 9.17) is 16.3 Å². The third kappa shape index (κ3) is 5.17. The van der Waals surface area contributed by atoms with Crippen molar-refractivity contribution in [2.45, 2.75) is 31.9 Å². The number of ether oxygens (including phenoxy) is 1. The normalized spacial score (nSPS) is 15.9. The molecular formula is C19H21ClN4O3. The quantitative estimate of drug-likeness (QED) is 0.849. The van der Waals surface area contributed by atoms with E-state index in [0.29, 0.717) is 42.4 Å². The first-order valence-electron chi connectivity index (χ1n) is 8.81. The van der Waals surface area contributed by atoms with Crippen molar-refractivity contribution in [2.75, 3.05) is 13.1 Å². The van der Waals surface area contributed by atoms with Crippen LogP contribution in [0.2, 0.25) is 5.02 Å². The fourth-order valence-corrected chi connectivity index (χ4v) is 3.07. The molecule has 7 nitrogen and oxygen atoms in total. The average Bonchev–Trinajstić information content (AvgIpc) is 2.70. The van der Waals surface area contributed by atoms with Crippen LogP contribution in [0.3, 0.4) is 0 Å². The van der Waals surface area contributed by atoms with Crippen LogP contribution >= 0.6 is 11.6 Å². The van der Waals surface area contributed by atoms with Crippen LogP contribution < -0.4 is 10.1 Å². The molecule has 0 saturated carbocycles. The largest absolute Gasteiger partial charge is 0.481 e. The van der Waals surface area contributed by atoms with Gasteiger partial charge in [-0.15, -0.1) is 0 Å². The molecule has 2 heterocycles. The Morgan fingerprint density at radius 1 is 1.22 bits per heavy atom. The molecule has 8 heteroatoms. The van der Waals surface area contributed by atoms with Gasteiger partial charge in [-0.3, -0.25) is 14.6 Å². The number of likely N-dealkylation sites (tertiary alicyclic amines) is 1. The third-order valence-electron chi connectivity index (χ3n) is 4.41.